The first-order valence-corrected chi connectivity index (χ1v) is 3.96. The molecule has 1 unspecified atom stereocenters. The normalized spacial score (nSPS) is 12.2. The van der Waals surface area contributed by atoms with Crippen LogP contribution in [0, 0.1) is 11.3 Å². The highest BCUT2D eigenvalue weighted by atomic mass is 16.1. The minimum Gasteiger partial charge on any atom is -0.354 e. The highest BCUT2D eigenvalue weighted by Crippen LogP contribution is 1.90. The van der Waals surface area contributed by atoms with E-state index in [1.54, 1.807) is 7.05 Å². The zero-order chi connectivity index (χ0) is 9.56. The molecule has 2 N–H and O–H groups in total. The first-order valence-electron chi connectivity index (χ1n) is 3.96. The van der Waals surface area contributed by atoms with Crippen molar-refractivity contribution in [3.8, 4) is 6.07 Å². The Kier molecular flexibility index (Phi) is 5.06. The maximum atomic E-state index is 11.1. The van der Waals surface area contributed by atoms with Crippen molar-refractivity contribution in [1.29, 1.82) is 5.26 Å². The Labute approximate surface area is 72.9 Å². The standard InChI is InChI=1S/C8H15N3O/c1-6(2)11-8(12)4-7(5-9)10-3/h6-7,10H,4H2,1-3H3,(H,11,12). The number of nitrogens with zero attached hydrogens (tertiary/aromatic N) is 1. The van der Waals surface area contributed by atoms with Gasteiger partial charge in [0.25, 0.3) is 0 Å². The quantitative estimate of drug-likeness (QED) is 0.623. The first-order chi connectivity index (χ1) is 5.60. The fourth-order valence-corrected chi connectivity index (χ4v) is 0.779. The molecule has 4 nitrogen and oxygen atoms in total. The Morgan fingerprint density at radius 1 is 1.58 bits per heavy atom. The van der Waals surface area contributed by atoms with Gasteiger partial charge in [0.05, 0.1) is 12.5 Å². The van der Waals surface area contributed by atoms with Gasteiger partial charge in [0, 0.05) is 6.04 Å². The van der Waals surface area contributed by atoms with Gasteiger partial charge in [-0.05, 0) is 20.9 Å². The van der Waals surface area contributed by atoms with E-state index in [-0.39, 0.29) is 24.4 Å². The molecule has 0 aliphatic rings. The zero-order valence-corrected chi connectivity index (χ0v) is 7.72. The lowest BCUT2D eigenvalue weighted by atomic mass is 10.2. The molecule has 68 valence electrons. The number of nitrogens with one attached hydrogen (secondary N) is 2. The molecule has 0 saturated carbocycles. The maximum Gasteiger partial charge on any atom is 0.222 e. The number of hydrogen-bond donors (Lipinski definition) is 2. The summed E-state index contributed by atoms with van der Waals surface area (Å²) in [6.07, 6.45) is 0.213. The molecule has 1 atom stereocenters. The van der Waals surface area contributed by atoms with E-state index >= 15 is 0 Å². The van der Waals surface area contributed by atoms with Crippen molar-refractivity contribution in [2.45, 2.75) is 32.4 Å². The average molecular weight is 169 g/mol. The highest BCUT2D eigenvalue weighted by Gasteiger charge is 2.10. The summed E-state index contributed by atoms with van der Waals surface area (Å²) < 4.78 is 0. The summed E-state index contributed by atoms with van der Waals surface area (Å²) in [7, 11) is 1.66. The lowest BCUT2D eigenvalue weighted by Crippen LogP contribution is -2.36. The van der Waals surface area contributed by atoms with E-state index in [0.717, 1.165) is 0 Å². The van der Waals surface area contributed by atoms with Gasteiger partial charge >= 0.3 is 0 Å². The minimum absolute atomic E-state index is 0.0918. The SMILES string of the molecule is CNC(C#N)CC(=O)NC(C)C. The van der Waals surface area contributed by atoms with Gasteiger partial charge in [0.15, 0.2) is 0 Å². The Morgan fingerprint density at radius 2 is 2.17 bits per heavy atom. The van der Waals surface area contributed by atoms with Crippen molar-refractivity contribution in [1.82, 2.24) is 10.6 Å². The number of carbonyl (C=O) groups excluding carboxylic acids is 1. The Hall–Kier alpha value is -1.08. The van der Waals surface area contributed by atoms with Gasteiger partial charge in [-0.1, -0.05) is 0 Å². The van der Waals surface area contributed by atoms with Crippen LogP contribution in [-0.4, -0.2) is 25.0 Å². The van der Waals surface area contributed by atoms with Crippen molar-refractivity contribution in [2.24, 2.45) is 0 Å². The lowest BCUT2D eigenvalue weighted by molar-refractivity contribution is -0.121. The maximum absolute atomic E-state index is 11.1. The molecule has 1 amide bonds. The molecule has 0 heterocycles. The zero-order valence-electron chi connectivity index (χ0n) is 7.72. The molecule has 0 bridgehead atoms. The number of carbonyl (C=O) groups is 1. The van der Waals surface area contributed by atoms with Crippen LogP contribution in [0.3, 0.4) is 0 Å². The molecule has 0 aliphatic heterocycles. The monoisotopic (exact) mass is 169 g/mol. The third-order valence-electron chi connectivity index (χ3n) is 1.34. The molecule has 0 rings (SSSR count). The Morgan fingerprint density at radius 3 is 2.50 bits per heavy atom. The molecule has 12 heavy (non-hydrogen) atoms. The third-order valence-corrected chi connectivity index (χ3v) is 1.34. The van der Waals surface area contributed by atoms with Crippen molar-refractivity contribution >= 4 is 5.91 Å². The predicted octanol–water partition coefficient (Wildman–Crippen LogP) is 0.0127. The second kappa shape index (κ2) is 5.56. The predicted molar refractivity (Wildman–Crippen MR) is 46.4 cm³/mol. The summed E-state index contributed by atoms with van der Waals surface area (Å²) in [5.41, 5.74) is 0. The van der Waals surface area contributed by atoms with Crippen LogP contribution in [0.15, 0.2) is 0 Å². The van der Waals surface area contributed by atoms with Crippen LogP contribution in [0.25, 0.3) is 0 Å². The van der Waals surface area contributed by atoms with Crippen LogP contribution < -0.4 is 10.6 Å². The van der Waals surface area contributed by atoms with Gasteiger partial charge in [-0.3, -0.25) is 4.79 Å². The van der Waals surface area contributed by atoms with E-state index in [1.807, 2.05) is 19.9 Å². The first kappa shape index (κ1) is 10.9. The molecule has 0 aromatic rings. The van der Waals surface area contributed by atoms with Crippen LogP contribution in [0.4, 0.5) is 0 Å². The van der Waals surface area contributed by atoms with E-state index in [0.29, 0.717) is 0 Å². The fraction of sp³-hybridized carbons (Fsp3) is 0.750. The van der Waals surface area contributed by atoms with Crippen molar-refractivity contribution in [3.05, 3.63) is 0 Å². The summed E-state index contributed by atoms with van der Waals surface area (Å²) in [5.74, 6) is -0.0918. The van der Waals surface area contributed by atoms with Crippen LogP contribution >= 0.6 is 0 Å². The van der Waals surface area contributed by atoms with Gasteiger partial charge in [-0.25, -0.2) is 0 Å². The minimum atomic E-state index is -0.385. The average Bonchev–Trinajstić information content (AvgIpc) is 1.98. The summed E-state index contributed by atoms with van der Waals surface area (Å²) in [5, 5.41) is 14.0. The third kappa shape index (κ3) is 4.69. The van der Waals surface area contributed by atoms with Gasteiger partial charge in [0.2, 0.25) is 5.91 Å². The van der Waals surface area contributed by atoms with Crippen molar-refractivity contribution < 1.29 is 4.79 Å². The molecular weight excluding hydrogens is 154 g/mol. The number of rotatable bonds is 4. The molecule has 0 saturated heterocycles. The van der Waals surface area contributed by atoms with Crippen molar-refractivity contribution in [3.63, 3.8) is 0 Å². The van der Waals surface area contributed by atoms with E-state index in [4.69, 9.17) is 5.26 Å². The number of amides is 1. The largest absolute Gasteiger partial charge is 0.354 e. The molecule has 4 heteroatoms. The smallest absolute Gasteiger partial charge is 0.222 e. The summed E-state index contributed by atoms with van der Waals surface area (Å²) in [6.45, 7) is 3.78. The molecule has 0 aromatic carbocycles. The molecule has 0 aromatic heterocycles. The van der Waals surface area contributed by atoms with Gasteiger partial charge in [0.1, 0.15) is 6.04 Å². The Bertz CT molecular complexity index is 183. The molecule has 0 fully saturated rings. The highest BCUT2D eigenvalue weighted by molar-refractivity contribution is 5.77. The van der Waals surface area contributed by atoms with Crippen LogP contribution in [0.2, 0.25) is 0 Å². The van der Waals surface area contributed by atoms with Gasteiger partial charge in [-0.15, -0.1) is 0 Å². The fourth-order valence-electron chi connectivity index (χ4n) is 0.779. The summed E-state index contributed by atoms with van der Waals surface area (Å²) in [4.78, 5) is 11.1. The molecule has 0 aliphatic carbocycles. The topological polar surface area (TPSA) is 64.9 Å². The van der Waals surface area contributed by atoms with E-state index in [2.05, 4.69) is 10.6 Å². The molecular formula is C8H15N3O. The van der Waals surface area contributed by atoms with E-state index in [1.165, 1.54) is 0 Å². The number of nitriles is 1. The van der Waals surface area contributed by atoms with Crippen LogP contribution in [0.5, 0.6) is 0 Å². The van der Waals surface area contributed by atoms with E-state index < -0.39 is 0 Å². The van der Waals surface area contributed by atoms with Crippen LogP contribution in [-0.2, 0) is 4.79 Å². The second-order valence-corrected chi connectivity index (χ2v) is 2.90. The second-order valence-electron chi connectivity index (χ2n) is 2.90. The molecule has 0 spiro atoms. The Balaban J connectivity index is 3.76. The van der Waals surface area contributed by atoms with Gasteiger partial charge in [-0.2, -0.15) is 5.26 Å². The summed E-state index contributed by atoms with van der Waals surface area (Å²) in [6, 6.07) is 1.73. The van der Waals surface area contributed by atoms with Crippen molar-refractivity contribution in [2.75, 3.05) is 7.05 Å². The molecule has 0 radical (unpaired) electrons. The van der Waals surface area contributed by atoms with Crippen LogP contribution in [0.1, 0.15) is 20.3 Å². The summed E-state index contributed by atoms with van der Waals surface area (Å²) >= 11 is 0. The van der Waals surface area contributed by atoms with E-state index in [9.17, 15) is 4.79 Å². The lowest BCUT2D eigenvalue weighted by Gasteiger charge is -2.10. The number of hydrogen-bond acceptors (Lipinski definition) is 3. The van der Waals surface area contributed by atoms with Gasteiger partial charge < -0.3 is 10.6 Å².